The van der Waals surface area contributed by atoms with Crippen LogP contribution < -0.4 is 0 Å². The van der Waals surface area contributed by atoms with Gasteiger partial charge in [0.05, 0.1) is 16.4 Å². The number of hydrogen-bond donors (Lipinski definition) is 0. The van der Waals surface area contributed by atoms with Crippen LogP contribution in [0.1, 0.15) is 25.3 Å². The lowest BCUT2D eigenvalue weighted by Crippen LogP contribution is -2.00. The molecule has 0 saturated heterocycles. The van der Waals surface area contributed by atoms with Crippen LogP contribution in [-0.2, 0) is 6.42 Å². The summed E-state index contributed by atoms with van der Waals surface area (Å²) in [7, 11) is 0. The van der Waals surface area contributed by atoms with Gasteiger partial charge in [0.25, 0.3) is 0 Å². The SMILES string of the molecule is CCCCc1ccc(-c2ccc(-c3nc(-c4ccccc4)nc(-c4ccc(-n5c6ccccc6c6ccc7oc8ccccc8c7c65)cc4)n3)cc2)cc1. The number of aromatic nitrogens is 4. The maximum Gasteiger partial charge on any atom is 0.164 e. The van der Waals surface area contributed by atoms with Gasteiger partial charge in [-0.3, -0.25) is 0 Å². The van der Waals surface area contributed by atoms with Gasteiger partial charge in [-0.15, -0.1) is 0 Å². The van der Waals surface area contributed by atoms with Crippen LogP contribution in [0, 0.1) is 0 Å². The summed E-state index contributed by atoms with van der Waals surface area (Å²) in [6.45, 7) is 2.23. The largest absolute Gasteiger partial charge is 0.456 e. The fourth-order valence-corrected chi connectivity index (χ4v) is 7.70. The molecule has 0 saturated carbocycles. The van der Waals surface area contributed by atoms with Gasteiger partial charge < -0.3 is 8.98 Å². The molecular weight excluding hydrogens is 661 g/mol. The first-order valence-electron chi connectivity index (χ1n) is 18.7. The van der Waals surface area contributed by atoms with E-state index >= 15 is 0 Å². The van der Waals surface area contributed by atoms with Crippen molar-refractivity contribution >= 4 is 43.7 Å². The average Bonchev–Trinajstić information content (AvgIpc) is 3.79. The first kappa shape index (κ1) is 31.9. The van der Waals surface area contributed by atoms with Crippen molar-refractivity contribution in [1.29, 1.82) is 0 Å². The summed E-state index contributed by atoms with van der Waals surface area (Å²) in [5, 5.41) is 4.62. The predicted octanol–water partition coefficient (Wildman–Crippen LogP) is 12.9. The van der Waals surface area contributed by atoms with Crippen LogP contribution in [0.4, 0.5) is 0 Å². The zero-order valence-electron chi connectivity index (χ0n) is 29.9. The second-order valence-electron chi connectivity index (χ2n) is 13.9. The van der Waals surface area contributed by atoms with Crippen LogP contribution in [0.3, 0.4) is 0 Å². The molecular formula is C49H36N4O. The number of unbranched alkanes of at least 4 members (excludes halogenated alkanes) is 1. The number of nitrogens with zero attached hydrogens (tertiary/aromatic N) is 4. The zero-order chi connectivity index (χ0) is 36.0. The minimum absolute atomic E-state index is 0.627. The maximum atomic E-state index is 6.33. The van der Waals surface area contributed by atoms with Crippen molar-refractivity contribution in [2.75, 3.05) is 0 Å². The molecule has 5 nitrogen and oxygen atoms in total. The van der Waals surface area contributed by atoms with E-state index < -0.39 is 0 Å². The van der Waals surface area contributed by atoms with E-state index in [-0.39, 0.29) is 0 Å². The zero-order valence-corrected chi connectivity index (χ0v) is 29.9. The number of aryl methyl sites for hydroxylation is 1. The number of fused-ring (bicyclic) bond motifs is 7. The highest BCUT2D eigenvalue weighted by atomic mass is 16.3. The minimum atomic E-state index is 0.627. The first-order valence-corrected chi connectivity index (χ1v) is 18.7. The molecule has 0 atom stereocenters. The Hall–Kier alpha value is -6.85. The number of rotatable bonds is 8. The quantitative estimate of drug-likeness (QED) is 0.159. The fraction of sp³-hybridized carbons (Fsp3) is 0.0816. The average molecular weight is 697 g/mol. The molecule has 0 fully saturated rings. The van der Waals surface area contributed by atoms with Gasteiger partial charge in [0.1, 0.15) is 11.2 Å². The molecule has 0 aliphatic rings. The Morgan fingerprint density at radius 2 is 1.02 bits per heavy atom. The van der Waals surface area contributed by atoms with Gasteiger partial charge in [-0.1, -0.05) is 129 Å². The third-order valence-electron chi connectivity index (χ3n) is 10.5. The summed E-state index contributed by atoms with van der Waals surface area (Å²) in [4.78, 5) is 15.1. The lowest BCUT2D eigenvalue weighted by Gasteiger charge is -2.11. The Morgan fingerprint density at radius 1 is 0.463 bits per heavy atom. The van der Waals surface area contributed by atoms with E-state index in [4.69, 9.17) is 19.4 Å². The molecule has 0 unspecified atom stereocenters. The molecule has 0 spiro atoms. The lowest BCUT2D eigenvalue weighted by molar-refractivity contribution is 0.669. The summed E-state index contributed by atoms with van der Waals surface area (Å²) in [5.41, 5.74) is 11.6. The van der Waals surface area contributed by atoms with Crippen molar-refractivity contribution in [1.82, 2.24) is 19.5 Å². The second-order valence-corrected chi connectivity index (χ2v) is 13.9. The van der Waals surface area contributed by atoms with Crippen LogP contribution in [0.15, 0.2) is 168 Å². The molecule has 10 aromatic rings. The fourth-order valence-electron chi connectivity index (χ4n) is 7.70. The number of furan rings is 1. The molecule has 5 heteroatoms. The molecule has 3 heterocycles. The van der Waals surface area contributed by atoms with Crippen molar-refractivity contribution in [3.05, 3.63) is 169 Å². The van der Waals surface area contributed by atoms with Crippen molar-refractivity contribution in [2.24, 2.45) is 0 Å². The van der Waals surface area contributed by atoms with E-state index in [0.29, 0.717) is 17.5 Å². The van der Waals surface area contributed by atoms with Crippen molar-refractivity contribution in [3.8, 4) is 51.0 Å². The summed E-state index contributed by atoms with van der Waals surface area (Å²) < 4.78 is 8.68. The summed E-state index contributed by atoms with van der Waals surface area (Å²) in [5.74, 6) is 1.91. The smallest absolute Gasteiger partial charge is 0.164 e. The standard InChI is InChI=1S/C49H36N4O/c1-2-3-11-32-18-20-33(21-19-32)34-22-24-36(25-23-34)48-50-47(35-12-5-4-6-13-35)51-49(52-48)37-26-28-38(29-27-37)53-42-16-9-7-14-39(42)40-30-31-44-45(46(40)53)41-15-8-10-17-43(41)54-44/h4-10,12-31H,2-3,11H2,1H3. The van der Waals surface area contributed by atoms with E-state index in [1.54, 1.807) is 0 Å². The van der Waals surface area contributed by atoms with Gasteiger partial charge in [0.15, 0.2) is 17.5 Å². The third-order valence-corrected chi connectivity index (χ3v) is 10.5. The topological polar surface area (TPSA) is 56.7 Å². The van der Waals surface area contributed by atoms with E-state index in [0.717, 1.165) is 61.8 Å². The van der Waals surface area contributed by atoms with Gasteiger partial charge in [-0.25, -0.2) is 15.0 Å². The Kier molecular flexibility index (Phi) is 7.84. The predicted molar refractivity (Wildman–Crippen MR) is 222 cm³/mol. The van der Waals surface area contributed by atoms with E-state index in [1.807, 2.05) is 42.5 Å². The molecule has 0 radical (unpaired) electrons. The molecule has 258 valence electrons. The summed E-state index contributed by atoms with van der Waals surface area (Å²) in [6, 6.07) is 57.3. The highest BCUT2D eigenvalue weighted by Gasteiger charge is 2.19. The molecule has 0 N–H and O–H groups in total. The monoisotopic (exact) mass is 696 g/mol. The van der Waals surface area contributed by atoms with Gasteiger partial charge in [-0.2, -0.15) is 0 Å². The molecule has 0 aliphatic heterocycles. The molecule has 0 bridgehead atoms. The van der Waals surface area contributed by atoms with Crippen LogP contribution >= 0.6 is 0 Å². The Bertz CT molecular complexity index is 2940. The first-order chi connectivity index (χ1) is 26.7. The molecule has 0 amide bonds. The normalized spacial score (nSPS) is 11.6. The van der Waals surface area contributed by atoms with E-state index in [9.17, 15) is 0 Å². The van der Waals surface area contributed by atoms with Crippen LogP contribution in [0.5, 0.6) is 0 Å². The number of hydrogen-bond acceptors (Lipinski definition) is 4. The lowest BCUT2D eigenvalue weighted by atomic mass is 10.0. The van der Waals surface area contributed by atoms with Crippen LogP contribution in [0.2, 0.25) is 0 Å². The third kappa shape index (κ3) is 5.53. The molecule has 3 aromatic heterocycles. The van der Waals surface area contributed by atoms with E-state index in [2.05, 4.69) is 133 Å². The Labute approximate surface area is 313 Å². The van der Waals surface area contributed by atoms with Gasteiger partial charge in [0.2, 0.25) is 0 Å². The molecule has 0 aliphatic carbocycles. The number of para-hydroxylation sites is 2. The summed E-state index contributed by atoms with van der Waals surface area (Å²) >= 11 is 0. The van der Waals surface area contributed by atoms with Crippen LogP contribution in [-0.4, -0.2) is 19.5 Å². The molecule has 7 aromatic carbocycles. The minimum Gasteiger partial charge on any atom is -0.456 e. The highest BCUT2D eigenvalue weighted by molar-refractivity contribution is 6.24. The van der Waals surface area contributed by atoms with Gasteiger partial charge in [0, 0.05) is 38.5 Å². The highest BCUT2D eigenvalue weighted by Crippen LogP contribution is 2.41. The Balaban J connectivity index is 1.06. The van der Waals surface area contributed by atoms with E-state index in [1.165, 1.54) is 40.3 Å². The van der Waals surface area contributed by atoms with Crippen LogP contribution in [0.25, 0.3) is 94.7 Å². The second kappa shape index (κ2) is 13.3. The molecule has 54 heavy (non-hydrogen) atoms. The van der Waals surface area contributed by atoms with Crippen molar-refractivity contribution < 1.29 is 4.42 Å². The maximum absolute atomic E-state index is 6.33. The van der Waals surface area contributed by atoms with Gasteiger partial charge in [-0.05, 0) is 78.1 Å². The Morgan fingerprint density at radius 3 is 1.70 bits per heavy atom. The van der Waals surface area contributed by atoms with Crippen molar-refractivity contribution in [3.63, 3.8) is 0 Å². The van der Waals surface area contributed by atoms with Gasteiger partial charge >= 0.3 is 0 Å². The summed E-state index contributed by atoms with van der Waals surface area (Å²) in [6.07, 6.45) is 3.54. The molecule has 10 rings (SSSR count). The number of benzene rings is 7. The van der Waals surface area contributed by atoms with Crippen molar-refractivity contribution in [2.45, 2.75) is 26.2 Å².